The predicted molar refractivity (Wildman–Crippen MR) is 114 cm³/mol. The average molecular weight is 423 g/mol. The van der Waals surface area contributed by atoms with Crippen molar-refractivity contribution in [1.82, 2.24) is 10.2 Å². The van der Waals surface area contributed by atoms with Crippen LogP contribution in [0.3, 0.4) is 0 Å². The van der Waals surface area contributed by atoms with Gasteiger partial charge >= 0.3 is 5.97 Å². The van der Waals surface area contributed by atoms with E-state index < -0.39 is 24.4 Å². The van der Waals surface area contributed by atoms with Crippen LogP contribution in [0.25, 0.3) is 0 Å². The summed E-state index contributed by atoms with van der Waals surface area (Å²) in [7, 11) is 1.53. The lowest BCUT2D eigenvalue weighted by molar-refractivity contribution is -0.151. The van der Waals surface area contributed by atoms with Gasteiger partial charge in [0.25, 0.3) is 11.8 Å². The summed E-state index contributed by atoms with van der Waals surface area (Å²) >= 11 is 0. The Balaban J connectivity index is 1.48. The number of nitrogens with zero attached hydrogens (tertiary/aromatic N) is 1. The van der Waals surface area contributed by atoms with Crippen LogP contribution >= 0.6 is 0 Å². The van der Waals surface area contributed by atoms with Crippen molar-refractivity contribution in [2.75, 3.05) is 25.5 Å². The number of amides is 3. The monoisotopic (exact) mass is 423 g/mol. The average Bonchev–Trinajstić information content (AvgIpc) is 3.19. The van der Waals surface area contributed by atoms with E-state index in [0.29, 0.717) is 11.3 Å². The predicted octanol–water partition coefficient (Wildman–Crippen LogP) is 2.14. The van der Waals surface area contributed by atoms with Crippen molar-refractivity contribution >= 4 is 29.4 Å². The van der Waals surface area contributed by atoms with Crippen LogP contribution < -0.4 is 10.6 Å². The first-order chi connectivity index (χ1) is 14.9. The van der Waals surface area contributed by atoms with Gasteiger partial charge in [-0.2, -0.15) is 0 Å². The van der Waals surface area contributed by atoms with E-state index in [2.05, 4.69) is 10.6 Å². The Morgan fingerprint density at radius 2 is 1.77 bits per heavy atom. The summed E-state index contributed by atoms with van der Waals surface area (Å²) < 4.78 is 5.13. The Morgan fingerprint density at radius 3 is 2.42 bits per heavy atom. The molecule has 8 nitrogen and oxygen atoms in total. The second-order valence-corrected chi connectivity index (χ2v) is 7.35. The molecule has 2 N–H and O–H groups in total. The molecule has 162 valence electrons. The van der Waals surface area contributed by atoms with Gasteiger partial charge in [-0.05, 0) is 36.8 Å². The number of benzene rings is 2. The summed E-state index contributed by atoms with van der Waals surface area (Å²) in [5.41, 5.74) is 1.94. The summed E-state index contributed by atoms with van der Waals surface area (Å²) in [6.45, 7) is 1.73. The molecule has 0 saturated carbocycles. The maximum Gasteiger partial charge on any atom is 0.311 e. The third-order valence-electron chi connectivity index (χ3n) is 5.24. The number of hydrogen-bond donors (Lipinski definition) is 2. The van der Waals surface area contributed by atoms with E-state index in [0.717, 1.165) is 5.56 Å². The van der Waals surface area contributed by atoms with Crippen molar-refractivity contribution in [3.63, 3.8) is 0 Å². The van der Waals surface area contributed by atoms with Gasteiger partial charge in [0.1, 0.15) is 0 Å². The summed E-state index contributed by atoms with van der Waals surface area (Å²) in [6.07, 6.45) is 0.0680. The lowest BCUT2D eigenvalue weighted by Crippen LogP contribution is -2.30. The molecule has 0 unspecified atom stereocenters. The van der Waals surface area contributed by atoms with E-state index in [1.165, 1.54) is 7.05 Å². The number of likely N-dealkylation sites (tertiary alicyclic amines) is 1. The van der Waals surface area contributed by atoms with Crippen LogP contribution in [0.4, 0.5) is 5.69 Å². The van der Waals surface area contributed by atoms with Crippen LogP contribution in [-0.2, 0) is 19.1 Å². The van der Waals surface area contributed by atoms with Gasteiger partial charge in [-0.3, -0.25) is 19.2 Å². The van der Waals surface area contributed by atoms with E-state index in [4.69, 9.17) is 4.74 Å². The smallest absolute Gasteiger partial charge is 0.311 e. The van der Waals surface area contributed by atoms with E-state index in [-0.39, 0.29) is 30.8 Å². The molecule has 1 aliphatic heterocycles. The quantitative estimate of drug-likeness (QED) is 0.664. The Kier molecular flexibility index (Phi) is 7.02. The molecule has 1 saturated heterocycles. The largest absolute Gasteiger partial charge is 0.455 e. The zero-order valence-electron chi connectivity index (χ0n) is 17.5. The van der Waals surface area contributed by atoms with Gasteiger partial charge in [0, 0.05) is 31.3 Å². The van der Waals surface area contributed by atoms with Gasteiger partial charge in [0.05, 0.1) is 12.0 Å². The van der Waals surface area contributed by atoms with E-state index in [1.807, 2.05) is 37.3 Å². The van der Waals surface area contributed by atoms with Crippen molar-refractivity contribution in [3.05, 3.63) is 65.7 Å². The molecule has 0 radical (unpaired) electrons. The van der Waals surface area contributed by atoms with Gasteiger partial charge in [0.15, 0.2) is 6.61 Å². The molecule has 2 aromatic rings. The van der Waals surface area contributed by atoms with Crippen molar-refractivity contribution in [3.8, 4) is 0 Å². The first-order valence-corrected chi connectivity index (χ1v) is 10.0. The third-order valence-corrected chi connectivity index (χ3v) is 5.24. The number of rotatable bonds is 7. The molecule has 0 spiro atoms. The number of esters is 1. The van der Waals surface area contributed by atoms with E-state index in [9.17, 15) is 19.2 Å². The fourth-order valence-corrected chi connectivity index (χ4v) is 3.48. The molecule has 2 aromatic carbocycles. The fraction of sp³-hybridized carbons (Fsp3) is 0.304. The summed E-state index contributed by atoms with van der Waals surface area (Å²) in [6, 6.07) is 15.8. The fourth-order valence-electron chi connectivity index (χ4n) is 3.48. The summed E-state index contributed by atoms with van der Waals surface area (Å²) in [5.74, 6) is -2.01. The molecule has 1 aliphatic rings. The Hall–Kier alpha value is -3.68. The number of anilines is 1. The Bertz CT molecular complexity index is 959. The molecule has 3 rings (SSSR count). The molecule has 0 bridgehead atoms. The number of nitrogens with one attached hydrogen (secondary N) is 2. The van der Waals surface area contributed by atoms with Crippen molar-refractivity contribution in [2.45, 2.75) is 19.4 Å². The maximum absolute atomic E-state index is 12.4. The zero-order valence-corrected chi connectivity index (χ0v) is 17.5. The number of ether oxygens (including phenoxy) is 1. The third kappa shape index (κ3) is 5.48. The van der Waals surface area contributed by atoms with Gasteiger partial charge in [-0.25, -0.2) is 0 Å². The molecular weight excluding hydrogens is 398 g/mol. The standard InChI is InChI=1S/C23H25N3O5/c1-15(16-6-4-3-5-7-16)26-13-18(12-21(26)28)23(30)31-14-20(27)25-19-10-8-17(9-11-19)22(29)24-2/h3-11,15,18H,12-14H2,1-2H3,(H,24,29)(H,25,27)/t15-,18-/m1/s1. The van der Waals surface area contributed by atoms with Gasteiger partial charge in [-0.1, -0.05) is 30.3 Å². The van der Waals surface area contributed by atoms with Crippen LogP contribution in [-0.4, -0.2) is 48.8 Å². The first-order valence-electron chi connectivity index (χ1n) is 10.0. The van der Waals surface area contributed by atoms with Crippen LogP contribution in [0.1, 0.15) is 35.3 Å². The number of hydrogen-bond acceptors (Lipinski definition) is 5. The van der Waals surface area contributed by atoms with Crippen molar-refractivity contribution < 1.29 is 23.9 Å². The van der Waals surface area contributed by atoms with Crippen LogP contribution in [0.15, 0.2) is 54.6 Å². The highest BCUT2D eigenvalue weighted by molar-refractivity contribution is 5.96. The normalized spacial score (nSPS) is 16.5. The van der Waals surface area contributed by atoms with Crippen LogP contribution in [0, 0.1) is 5.92 Å². The molecule has 0 aromatic heterocycles. The van der Waals surface area contributed by atoms with Gasteiger partial charge < -0.3 is 20.3 Å². The number of carbonyl (C=O) groups excluding carboxylic acids is 4. The molecule has 8 heteroatoms. The molecule has 3 amide bonds. The molecule has 2 atom stereocenters. The highest BCUT2D eigenvalue weighted by Gasteiger charge is 2.38. The topological polar surface area (TPSA) is 105 Å². The van der Waals surface area contributed by atoms with Crippen molar-refractivity contribution in [1.29, 1.82) is 0 Å². The van der Waals surface area contributed by atoms with E-state index in [1.54, 1.807) is 29.2 Å². The second kappa shape index (κ2) is 9.88. The second-order valence-electron chi connectivity index (χ2n) is 7.35. The zero-order chi connectivity index (χ0) is 22.4. The van der Waals surface area contributed by atoms with Crippen LogP contribution in [0.2, 0.25) is 0 Å². The minimum absolute atomic E-state index is 0.0680. The maximum atomic E-state index is 12.4. The highest BCUT2D eigenvalue weighted by Crippen LogP contribution is 2.29. The number of carbonyl (C=O) groups is 4. The van der Waals surface area contributed by atoms with E-state index >= 15 is 0 Å². The van der Waals surface area contributed by atoms with Crippen molar-refractivity contribution in [2.24, 2.45) is 5.92 Å². The van der Waals surface area contributed by atoms with Crippen LogP contribution in [0.5, 0.6) is 0 Å². The summed E-state index contributed by atoms with van der Waals surface area (Å²) in [5, 5.41) is 5.12. The first kappa shape index (κ1) is 22.0. The van der Waals surface area contributed by atoms with Gasteiger partial charge in [0.2, 0.25) is 5.91 Å². The minimum Gasteiger partial charge on any atom is -0.455 e. The molecular formula is C23H25N3O5. The lowest BCUT2D eigenvalue weighted by Gasteiger charge is -2.25. The molecule has 1 fully saturated rings. The molecule has 31 heavy (non-hydrogen) atoms. The lowest BCUT2D eigenvalue weighted by atomic mass is 10.1. The summed E-state index contributed by atoms with van der Waals surface area (Å²) in [4.78, 5) is 50.1. The Morgan fingerprint density at radius 1 is 1.10 bits per heavy atom. The SMILES string of the molecule is CNC(=O)c1ccc(NC(=O)COC(=O)[C@@H]2CC(=O)N([C@H](C)c3ccccc3)C2)cc1. The molecule has 0 aliphatic carbocycles. The van der Waals surface area contributed by atoms with Gasteiger partial charge in [-0.15, -0.1) is 0 Å². The Labute approximate surface area is 180 Å². The minimum atomic E-state index is -0.599. The highest BCUT2D eigenvalue weighted by atomic mass is 16.5. The molecule has 1 heterocycles.